The number of likely N-dealkylation sites (tertiary alicyclic amines) is 1. The summed E-state index contributed by atoms with van der Waals surface area (Å²) in [6.07, 6.45) is 0.707. The molecule has 0 aromatic heterocycles. The molecule has 2 aromatic carbocycles. The first-order chi connectivity index (χ1) is 23.4. The maximum Gasteiger partial charge on any atom is 0.408 e. The van der Waals surface area contributed by atoms with Crippen LogP contribution in [0.2, 0.25) is 0 Å². The van der Waals surface area contributed by atoms with Gasteiger partial charge >= 0.3 is 6.09 Å². The van der Waals surface area contributed by atoms with E-state index in [1.807, 2.05) is 64.1 Å². The number of carbonyl (C=O) groups is 5. The third-order valence-corrected chi connectivity index (χ3v) is 10.1. The maximum absolute atomic E-state index is 14.2. The fourth-order valence-corrected chi connectivity index (χ4v) is 7.34. The van der Waals surface area contributed by atoms with Gasteiger partial charge in [-0.25, -0.2) is 4.79 Å². The van der Waals surface area contributed by atoms with Crippen LogP contribution in [0.1, 0.15) is 98.6 Å². The Balaban J connectivity index is 1.46. The third kappa shape index (κ3) is 9.11. The zero-order chi connectivity index (χ0) is 37.0. The van der Waals surface area contributed by atoms with E-state index in [2.05, 4.69) is 54.1 Å². The Hall–Kier alpha value is -4.21. The SMILES string of the molecule is CCCC(NC(=O)C1C2C(CN1C(=O)C(NC(=O)OC(C)(C)C)C(C)(C)C)C2(C)C)C(=O)C(=O)NCCC(c1ccccc1)c1ccccc1. The molecule has 272 valence electrons. The summed E-state index contributed by atoms with van der Waals surface area (Å²) in [6, 6.07) is 17.2. The molecule has 1 saturated carbocycles. The molecule has 2 aromatic rings. The summed E-state index contributed by atoms with van der Waals surface area (Å²) in [4.78, 5) is 69.4. The molecule has 0 radical (unpaired) electrons. The van der Waals surface area contributed by atoms with Gasteiger partial charge in [0.1, 0.15) is 17.7 Å². The maximum atomic E-state index is 14.2. The van der Waals surface area contributed by atoms with Gasteiger partial charge in [-0.1, -0.05) is 109 Å². The minimum absolute atomic E-state index is 0.0291. The summed E-state index contributed by atoms with van der Waals surface area (Å²) in [6.45, 7) is 17.4. The summed E-state index contributed by atoms with van der Waals surface area (Å²) in [5, 5.41) is 8.42. The number of Topliss-reactive ketones (excluding diaryl/α,β-unsaturated/α-hetero) is 1. The van der Waals surface area contributed by atoms with Gasteiger partial charge < -0.3 is 25.6 Å². The molecule has 10 nitrogen and oxygen atoms in total. The molecule has 4 amide bonds. The van der Waals surface area contributed by atoms with E-state index in [1.54, 1.807) is 25.7 Å². The summed E-state index contributed by atoms with van der Waals surface area (Å²) in [5.74, 6) is -2.30. The lowest BCUT2D eigenvalue weighted by Gasteiger charge is -2.38. The van der Waals surface area contributed by atoms with E-state index >= 15 is 0 Å². The molecule has 50 heavy (non-hydrogen) atoms. The summed E-state index contributed by atoms with van der Waals surface area (Å²) in [5.41, 5.74) is 0.612. The summed E-state index contributed by atoms with van der Waals surface area (Å²) >= 11 is 0. The number of nitrogens with zero attached hydrogens (tertiary/aromatic N) is 1. The highest BCUT2D eigenvalue weighted by atomic mass is 16.6. The van der Waals surface area contributed by atoms with Gasteiger partial charge in [-0.15, -0.1) is 0 Å². The van der Waals surface area contributed by atoms with Gasteiger partial charge in [0.15, 0.2) is 0 Å². The zero-order valence-electron chi connectivity index (χ0n) is 31.2. The smallest absolute Gasteiger partial charge is 0.408 e. The average Bonchev–Trinajstić information content (AvgIpc) is 3.35. The van der Waals surface area contributed by atoms with E-state index in [1.165, 1.54) is 0 Å². The van der Waals surface area contributed by atoms with Gasteiger partial charge in [0.25, 0.3) is 5.91 Å². The number of fused-ring (bicyclic) bond motifs is 1. The normalized spacial score (nSPS) is 20.7. The second kappa shape index (κ2) is 15.4. The van der Waals surface area contributed by atoms with E-state index in [0.29, 0.717) is 19.4 Å². The Morgan fingerprint density at radius 3 is 1.92 bits per heavy atom. The quantitative estimate of drug-likeness (QED) is 0.235. The van der Waals surface area contributed by atoms with Crippen molar-refractivity contribution in [2.45, 2.75) is 111 Å². The average molecular weight is 689 g/mol. The minimum atomic E-state index is -1.04. The van der Waals surface area contributed by atoms with Crippen molar-refractivity contribution in [2.24, 2.45) is 22.7 Å². The lowest BCUT2D eigenvalue weighted by atomic mass is 9.85. The topological polar surface area (TPSA) is 134 Å². The molecule has 3 N–H and O–H groups in total. The molecular weight excluding hydrogens is 632 g/mol. The molecule has 0 bridgehead atoms. The van der Waals surface area contributed by atoms with Crippen LogP contribution in [0.5, 0.6) is 0 Å². The van der Waals surface area contributed by atoms with Crippen molar-refractivity contribution in [1.82, 2.24) is 20.9 Å². The monoisotopic (exact) mass is 688 g/mol. The summed E-state index contributed by atoms with van der Waals surface area (Å²) < 4.78 is 5.45. The van der Waals surface area contributed by atoms with Gasteiger partial charge in [-0.3, -0.25) is 19.2 Å². The standard InChI is InChI=1S/C40H56N4O6/c1-10-17-29(32(45)35(47)41-23-22-27(25-18-13-11-14-19-25)26-20-15-12-16-21-26)42-34(46)31-30-28(40(30,8)9)24-44(31)36(48)33(38(2,3)4)43-37(49)50-39(5,6)7/h11-16,18-21,27-31,33H,10,17,22-24H2,1-9H3,(H,41,47)(H,42,46)(H,43,49). The molecule has 1 saturated heterocycles. The molecule has 2 fully saturated rings. The van der Waals surface area contributed by atoms with Crippen molar-refractivity contribution in [1.29, 1.82) is 0 Å². The van der Waals surface area contributed by atoms with Gasteiger partial charge in [-0.2, -0.15) is 0 Å². The molecule has 1 heterocycles. The molecule has 4 rings (SSSR count). The summed E-state index contributed by atoms with van der Waals surface area (Å²) in [7, 11) is 0. The Kier molecular flexibility index (Phi) is 11.9. The molecule has 5 unspecified atom stereocenters. The Labute approximate surface area is 297 Å². The number of alkyl carbamates (subject to hydrolysis) is 1. The minimum Gasteiger partial charge on any atom is -0.444 e. The zero-order valence-corrected chi connectivity index (χ0v) is 31.2. The van der Waals surface area contributed by atoms with E-state index in [4.69, 9.17) is 4.74 Å². The van der Waals surface area contributed by atoms with E-state index in [0.717, 1.165) is 11.1 Å². The van der Waals surface area contributed by atoms with Gasteiger partial charge in [-0.05, 0) is 67.4 Å². The highest BCUT2D eigenvalue weighted by Crippen LogP contribution is 2.65. The van der Waals surface area contributed by atoms with Gasteiger partial charge in [0.05, 0.1) is 6.04 Å². The van der Waals surface area contributed by atoms with Crippen LogP contribution in [0.4, 0.5) is 4.79 Å². The molecule has 2 aliphatic rings. The predicted molar refractivity (Wildman–Crippen MR) is 193 cm³/mol. The van der Waals surface area contributed by atoms with Gasteiger partial charge in [0, 0.05) is 19.0 Å². The van der Waals surface area contributed by atoms with Crippen LogP contribution in [0, 0.1) is 22.7 Å². The molecule has 1 aliphatic carbocycles. The first-order valence-electron chi connectivity index (χ1n) is 17.9. The number of rotatable bonds is 13. The molecular formula is C40H56N4O6. The fraction of sp³-hybridized carbons (Fsp3) is 0.575. The van der Waals surface area contributed by atoms with Gasteiger partial charge in [0.2, 0.25) is 17.6 Å². The number of piperidine rings is 1. The van der Waals surface area contributed by atoms with E-state index in [9.17, 15) is 24.0 Å². The van der Waals surface area contributed by atoms with E-state index < -0.39 is 52.8 Å². The predicted octanol–water partition coefficient (Wildman–Crippen LogP) is 5.60. The number of carbonyl (C=O) groups excluding carboxylic acids is 5. The highest BCUT2D eigenvalue weighted by Gasteiger charge is 2.70. The lowest BCUT2D eigenvalue weighted by molar-refractivity contribution is -0.145. The molecule has 5 atom stereocenters. The number of ketones is 1. The number of hydrogen-bond acceptors (Lipinski definition) is 6. The van der Waals surface area contributed by atoms with Crippen LogP contribution in [0.3, 0.4) is 0 Å². The van der Waals surface area contributed by atoms with Crippen LogP contribution in [-0.2, 0) is 23.9 Å². The first-order valence-corrected chi connectivity index (χ1v) is 17.9. The largest absolute Gasteiger partial charge is 0.444 e. The van der Waals surface area contributed by atoms with Crippen LogP contribution in [-0.4, -0.2) is 71.3 Å². The molecule has 10 heteroatoms. The first kappa shape index (κ1) is 38.6. The molecule has 0 spiro atoms. The van der Waals surface area contributed by atoms with Crippen molar-refractivity contribution in [3.8, 4) is 0 Å². The molecule has 1 aliphatic heterocycles. The van der Waals surface area contributed by atoms with Crippen molar-refractivity contribution in [3.05, 3.63) is 71.8 Å². The number of benzene rings is 2. The Bertz CT molecular complexity index is 1490. The Morgan fingerprint density at radius 1 is 0.860 bits per heavy atom. The van der Waals surface area contributed by atoms with Crippen LogP contribution >= 0.6 is 0 Å². The Morgan fingerprint density at radius 2 is 1.42 bits per heavy atom. The van der Waals surface area contributed by atoms with E-state index in [-0.39, 0.29) is 42.0 Å². The highest BCUT2D eigenvalue weighted by molar-refractivity contribution is 6.38. The number of ether oxygens (including phenoxy) is 1. The van der Waals surface area contributed by atoms with Crippen LogP contribution in [0.15, 0.2) is 60.7 Å². The van der Waals surface area contributed by atoms with Crippen molar-refractivity contribution in [2.75, 3.05) is 13.1 Å². The van der Waals surface area contributed by atoms with Crippen molar-refractivity contribution >= 4 is 29.6 Å². The van der Waals surface area contributed by atoms with Crippen molar-refractivity contribution in [3.63, 3.8) is 0 Å². The number of nitrogens with one attached hydrogen (secondary N) is 3. The number of hydrogen-bond donors (Lipinski definition) is 3. The fourth-order valence-electron chi connectivity index (χ4n) is 7.34. The van der Waals surface area contributed by atoms with Crippen LogP contribution in [0.25, 0.3) is 0 Å². The number of amides is 4. The third-order valence-electron chi connectivity index (χ3n) is 10.1. The lowest BCUT2D eigenvalue weighted by Crippen LogP contribution is -2.60. The second-order valence-corrected chi connectivity index (χ2v) is 16.5. The van der Waals surface area contributed by atoms with Crippen LogP contribution < -0.4 is 16.0 Å². The second-order valence-electron chi connectivity index (χ2n) is 16.5. The van der Waals surface area contributed by atoms with Crippen molar-refractivity contribution < 1.29 is 28.7 Å².